The fraction of sp³-hybridized carbons (Fsp3) is 0.176. The maximum absolute atomic E-state index is 13.2. The second kappa shape index (κ2) is 4.83. The number of hydrogen-bond donors (Lipinski definition) is 0. The summed E-state index contributed by atoms with van der Waals surface area (Å²) in [5, 5.41) is 0. The Kier molecular flexibility index (Phi) is 2.99. The Labute approximate surface area is 136 Å². The summed E-state index contributed by atoms with van der Waals surface area (Å²) in [6.07, 6.45) is 0. The second-order valence-corrected chi connectivity index (χ2v) is 6.69. The van der Waals surface area contributed by atoms with Crippen molar-refractivity contribution in [3.05, 3.63) is 59.9 Å². The number of amides is 2. The summed E-state index contributed by atoms with van der Waals surface area (Å²) >= 11 is 1.31. The first-order valence-electron chi connectivity index (χ1n) is 7.16. The maximum Gasteiger partial charge on any atom is 0.268 e. The summed E-state index contributed by atoms with van der Waals surface area (Å²) < 4.78 is 13.2. The third-order valence-corrected chi connectivity index (χ3v) is 5.66. The number of thioether (sulfide) groups is 1. The predicted molar refractivity (Wildman–Crippen MR) is 87.9 cm³/mol. The van der Waals surface area contributed by atoms with Crippen LogP contribution in [0.5, 0.6) is 0 Å². The van der Waals surface area contributed by atoms with Crippen molar-refractivity contribution in [3.8, 4) is 0 Å². The number of fused-ring (bicyclic) bond motifs is 2. The van der Waals surface area contributed by atoms with Crippen LogP contribution in [-0.2, 0) is 14.5 Å². The molecule has 0 saturated carbocycles. The summed E-state index contributed by atoms with van der Waals surface area (Å²) in [5.74, 6) is -0.470. The summed E-state index contributed by atoms with van der Waals surface area (Å²) in [6.45, 7) is 0. The fourth-order valence-electron chi connectivity index (χ4n) is 3.25. The zero-order valence-corrected chi connectivity index (χ0v) is 13.1. The topological polar surface area (TPSA) is 40.6 Å². The predicted octanol–water partition coefficient (Wildman–Crippen LogP) is 2.73. The van der Waals surface area contributed by atoms with Gasteiger partial charge in [-0.2, -0.15) is 0 Å². The third kappa shape index (κ3) is 1.78. The van der Waals surface area contributed by atoms with Crippen LogP contribution in [0.15, 0.2) is 48.5 Å². The molecule has 2 amide bonds. The van der Waals surface area contributed by atoms with Crippen molar-refractivity contribution in [2.24, 2.45) is 0 Å². The molecule has 1 saturated heterocycles. The number of rotatable bonds is 1. The molecule has 116 valence electrons. The summed E-state index contributed by atoms with van der Waals surface area (Å²) in [4.78, 5) is 27.5. The quantitative estimate of drug-likeness (QED) is 0.808. The van der Waals surface area contributed by atoms with Gasteiger partial charge >= 0.3 is 0 Å². The van der Waals surface area contributed by atoms with Gasteiger partial charge in [0.05, 0.1) is 11.4 Å². The van der Waals surface area contributed by atoms with E-state index in [0.717, 1.165) is 11.3 Å². The minimum atomic E-state index is -1.10. The highest BCUT2D eigenvalue weighted by Gasteiger charge is 2.60. The fourth-order valence-corrected chi connectivity index (χ4v) is 4.63. The van der Waals surface area contributed by atoms with Crippen LogP contribution in [0.25, 0.3) is 0 Å². The van der Waals surface area contributed by atoms with Crippen LogP contribution in [0.2, 0.25) is 0 Å². The molecule has 2 heterocycles. The normalized spacial score (nSPS) is 23.0. The standard InChI is InChI=1S/C17H13FN2O2S/c1-19-14-5-3-2-4-13(14)17(16(19)22)20(15(21)10-23-17)12-8-6-11(18)7-9-12/h2-9H,10H2,1H3. The number of carbonyl (C=O) groups is 2. The van der Waals surface area contributed by atoms with Crippen molar-refractivity contribution in [1.82, 2.24) is 0 Å². The Balaban J connectivity index is 1.94. The van der Waals surface area contributed by atoms with Gasteiger partial charge in [-0.1, -0.05) is 18.2 Å². The van der Waals surface area contributed by atoms with Crippen LogP contribution in [0.3, 0.4) is 0 Å². The highest BCUT2D eigenvalue weighted by Crippen LogP contribution is 2.55. The largest absolute Gasteiger partial charge is 0.312 e. The lowest BCUT2D eigenvalue weighted by atomic mass is 10.0. The van der Waals surface area contributed by atoms with Gasteiger partial charge in [-0.15, -0.1) is 11.8 Å². The average Bonchev–Trinajstić information content (AvgIpc) is 3.01. The molecule has 1 fully saturated rings. The van der Waals surface area contributed by atoms with E-state index < -0.39 is 4.87 Å². The minimum absolute atomic E-state index is 0.153. The minimum Gasteiger partial charge on any atom is -0.312 e. The van der Waals surface area contributed by atoms with E-state index in [4.69, 9.17) is 0 Å². The Morgan fingerprint density at radius 1 is 1.09 bits per heavy atom. The molecule has 23 heavy (non-hydrogen) atoms. The molecule has 2 aliphatic rings. The average molecular weight is 328 g/mol. The zero-order chi connectivity index (χ0) is 16.2. The summed E-state index contributed by atoms with van der Waals surface area (Å²) in [6, 6.07) is 13.1. The number of benzene rings is 2. The molecule has 0 bridgehead atoms. The number of hydrogen-bond acceptors (Lipinski definition) is 3. The Morgan fingerprint density at radius 2 is 1.78 bits per heavy atom. The van der Waals surface area contributed by atoms with Crippen molar-refractivity contribution in [2.45, 2.75) is 4.87 Å². The van der Waals surface area contributed by atoms with Gasteiger partial charge in [-0.25, -0.2) is 4.39 Å². The van der Waals surface area contributed by atoms with E-state index in [-0.39, 0.29) is 23.4 Å². The van der Waals surface area contributed by atoms with Crippen LogP contribution < -0.4 is 9.80 Å². The molecule has 0 radical (unpaired) electrons. The van der Waals surface area contributed by atoms with E-state index in [1.54, 1.807) is 11.9 Å². The maximum atomic E-state index is 13.2. The molecule has 4 nitrogen and oxygen atoms in total. The smallest absolute Gasteiger partial charge is 0.268 e. The van der Waals surface area contributed by atoms with E-state index in [0.29, 0.717) is 5.69 Å². The van der Waals surface area contributed by atoms with Crippen molar-refractivity contribution in [2.75, 3.05) is 22.6 Å². The van der Waals surface area contributed by atoms with Gasteiger partial charge in [-0.3, -0.25) is 14.5 Å². The first kappa shape index (κ1) is 14.3. The van der Waals surface area contributed by atoms with Gasteiger partial charge in [0, 0.05) is 18.3 Å². The second-order valence-electron chi connectivity index (χ2n) is 5.52. The molecule has 0 N–H and O–H groups in total. The van der Waals surface area contributed by atoms with Crippen LogP contribution in [0, 0.1) is 5.82 Å². The summed E-state index contributed by atoms with van der Waals surface area (Å²) in [5.41, 5.74) is 2.12. The van der Waals surface area contributed by atoms with Crippen LogP contribution in [-0.4, -0.2) is 24.6 Å². The third-order valence-electron chi connectivity index (χ3n) is 4.28. The van der Waals surface area contributed by atoms with Gasteiger partial charge in [0.1, 0.15) is 5.82 Å². The van der Waals surface area contributed by atoms with E-state index in [9.17, 15) is 14.0 Å². The Morgan fingerprint density at radius 3 is 2.52 bits per heavy atom. The molecule has 1 atom stereocenters. The van der Waals surface area contributed by atoms with Crippen LogP contribution in [0.1, 0.15) is 5.56 Å². The molecule has 2 aromatic carbocycles. The molecule has 0 aromatic heterocycles. The molecule has 4 rings (SSSR count). The van der Waals surface area contributed by atoms with E-state index >= 15 is 0 Å². The lowest BCUT2D eigenvalue weighted by molar-refractivity contribution is -0.123. The molecular formula is C17H13FN2O2S. The number of likely N-dealkylation sites (N-methyl/N-ethyl adjacent to an activating group) is 1. The van der Waals surface area contributed by atoms with Crippen molar-refractivity contribution in [3.63, 3.8) is 0 Å². The molecule has 2 aliphatic heterocycles. The molecular weight excluding hydrogens is 315 g/mol. The highest BCUT2D eigenvalue weighted by molar-refractivity contribution is 8.02. The highest BCUT2D eigenvalue weighted by atomic mass is 32.2. The van der Waals surface area contributed by atoms with Crippen LogP contribution in [0.4, 0.5) is 15.8 Å². The van der Waals surface area contributed by atoms with E-state index in [1.807, 2.05) is 24.3 Å². The van der Waals surface area contributed by atoms with Gasteiger partial charge in [-0.05, 0) is 30.3 Å². The molecule has 2 aromatic rings. The monoisotopic (exact) mass is 328 g/mol. The number of halogens is 1. The zero-order valence-electron chi connectivity index (χ0n) is 12.3. The Hall–Kier alpha value is -2.34. The lowest BCUT2D eigenvalue weighted by Gasteiger charge is -2.32. The van der Waals surface area contributed by atoms with E-state index in [2.05, 4.69) is 0 Å². The molecule has 1 spiro atoms. The van der Waals surface area contributed by atoms with Crippen LogP contribution >= 0.6 is 11.8 Å². The number of para-hydroxylation sites is 1. The number of nitrogens with zero attached hydrogens (tertiary/aromatic N) is 2. The number of carbonyl (C=O) groups excluding carboxylic acids is 2. The Bertz CT molecular complexity index is 824. The lowest BCUT2D eigenvalue weighted by Crippen LogP contribution is -2.49. The SMILES string of the molecule is CN1C(=O)C2(SCC(=O)N2c2ccc(F)cc2)c2ccccc21. The van der Waals surface area contributed by atoms with Crippen molar-refractivity contribution in [1.29, 1.82) is 0 Å². The van der Waals surface area contributed by atoms with Gasteiger partial charge < -0.3 is 4.90 Å². The van der Waals surface area contributed by atoms with Gasteiger partial charge in [0.25, 0.3) is 5.91 Å². The number of anilines is 2. The van der Waals surface area contributed by atoms with Crippen molar-refractivity contribution < 1.29 is 14.0 Å². The summed E-state index contributed by atoms with van der Waals surface area (Å²) in [7, 11) is 1.71. The van der Waals surface area contributed by atoms with Crippen molar-refractivity contribution >= 4 is 35.0 Å². The molecule has 0 aliphatic carbocycles. The molecule has 1 unspecified atom stereocenters. The van der Waals surface area contributed by atoms with Gasteiger partial charge in [0.2, 0.25) is 10.8 Å². The first-order valence-corrected chi connectivity index (χ1v) is 8.14. The molecule has 6 heteroatoms. The first-order chi connectivity index (χ1) is 11.1. The van der Waals surface area contributed by atoms with E-state index in [1.165, 1.54) is 40.9 Å². The van der Waals surface area contributed by atoms with Gasteiger partial charge in [0.15, 0.2) is 0 Å².